The highest BCUT2D eigenvalue weighted by atomic mass is 32.1. The molecule has 0 saturated carbocycles. The molecule has 1 aromatic heterocycles. The summed E-state index contributed by atoms with van der Waals surface area (Å²) in [7, 11) is 2.02. The Bertz CT molecular complexity index is 696. The molecule has 0 aliphatic carbocycles. The molecule has 1 atom stereocenters. The van der Waals surface area contributed by atoms with Crippen molar-refractivity contribution in [1.82, 2.24) is 10.3 Å². The SMILES string of the molecule is CCC(NC)c1cccc(Cc2nc3ccccc3s2)c1. The lowest BCUT2D eigenvalue weighted by Crippen LogP contribution is -2.15. The first-order chi connectivity index (χ1) is 10.3. The molecule has 0 saturated heterocycles. The van der Waals surface area contributed by atoms with Gasteiger partial charge in [0.1, 0.15) is 0 Å². The topological polar surface area (TPSA) is 24.9 Å². The second-order valence-electron chi connectivity index (χ2n) is 5.25. The van der Waals surface area contributed by atoms with Gasteiger partial charge in [-0.15, -0.1) is 11.3 Å². The minimum absolute atomic E-state index is 0.431. The molecule has 0 fully saturated rings. The van der Waals surface area contributed by atoms with E-state index < -0.39 is 0 Å². The Kier molecular flexibility index (Phi) is 4.32. The molecule has 3 aromatic rings. The molecule has 2 aromatic carbocycles. The van der Waals surface area contributed by atoms with Crippen LogP contribution in [0.15, 0.2) is 48.5 Å². The van der Waals surface area contributed by atoms with E-state index >= 15 is 0 Å². The predicted molar refractivity (Wildman–Crippen MR) is 91.0 cm³/mol. The number of hydrogen-bond acceptors (Lipinski definition) is 3. The highest BCUT2D eigenvalue weighted by Gasteiger charge is 2.08. The summed E-state index contributed by atoms with van der Waals surface area (Å²) < 4.78 is 1.27. The summed E-state index contributed by atoms with van der Waals surface area (Å²) in [5.74, 6) is 0. The van der Waals surface area contributed by atoms with Gasteiger partial charge in [-0.2, -0.15) is 0 Å². The number of aromatic nitrogens is 1. The summed E-state index contributed by atoms with van der Waals surface area (Å²) in [6.45, 7) is 2.21. The molecular formula is C18H20N2S. The maximum Gasteiger partial charge on any atom is 0.0982 e. The van der Waals surface area contributed by atoms with E-state index in [4.69, 9.17) is 4.98 Å². The summed E-state index contributed by atoms with van der Waals surface area (Å²) in [6.07, 6.45) is 2.01. The zero-order valence-corrected chi connectivity index (χ0v) is 13.3. The van der Waals surface area contributed by atoms with Crippen LogP contribution < -0.4 is 5.32 Å². The van der Waals surface area contributed by atoms with E-state index in [0.29, 0.717) is 6.04 Å². The van der Waals surface area contributed by atoms with Crippen LogP contribution in [-0.2, 0) is 6.42 Å². The van der Waals surface area contributed by atoms with E-state index in [2.05, 4.69) is 54.7 Å². The lowest BCUT2D eigenvalue weighted by atomic mass is 10.0. The van der Waals surface area contributed by atoms with E-state index in [1.165, 1.54) is 20.8 Å². The highest BCUT2D eigenvalue weighted by Crippen LogP contribution is 2.25. The van der Waals surface area contributed by atoms with Crippen molar-refractivity contribution >= 4 is 21.6 Å². The molecule has 0 radical (unpaired) electrons. The minimum Gasteiger partial charge on any atom is -0.313 e. The second-order valence-corrected chi connectivity index (χ2v) is 6.36. The molecule has 0 aliphatic rings. The quantitative estimate of drug-likeness (QED) is 0.746. The summed E-state index contributed by atoms with van der Waals surface area (Å²) in [4.78, 5) is 4.73. The Balaban J connectivity index is 1.85. The molecule has 0 aliphatic heterocycles. The molecule has 3 heteroatoms. The Hall–Kier alpha value is -1.71. The summed E-state index contributed by atoms with van der Waals surface area (Å²) >= 11 is 1.79. The van der Waals surface area contributed by atoms with Crippen LogP contribution in [0.3, 0.4) is 0 Å². The van der Waals surface area contributed by atoms with Gasteiger partial charge in [0.25, 0.3) is 0 Å². The molecule has 0 spiro atoms. The molecule has 1 heterocycles. The Labute approximate surface area is 129 Å². The van der Waals surface area contributed by atoms with Crippen LogP contribution in [0.25, 0.3) is 10.2 Å². The zero-order valence-electron chi connectivity index (χ0n) is 12.5. The number of fused-ring (bicyclic) bond motifs is 1. The number of rotatable bonds is 5. The first kappa shape index (κ1) is 14.2. The van der Waals surface area contributed by atoms with Gasteiger partial charge >= 0.3 is 0 Å². The largest absolute Gasteiger partial charge is 0.313 e. The third-order valence-corrected chi connectivity index (χ3v) is 4.84. The van der Waals surface area contributed by atoms with Crippen LogP contribution in [0, 0.1) is 0 Å². The maximum absolute atomic E-state index is 4.73. The molecule has 2 nitrogen and oxygen atoms in total. The van der Waals surface area contributed by atoms with Gasteiger partial charge in [0.2, 0.25) is 0 Å². The monoisotopic (exact) mass is 296 g/mol. The van der Waals surface area contributed by atoms with Crippen molar-refractivity contribution < 1.29 is 0 Å². The van der Waals surface area contributed by atoms with Gasteiger partial charge in [-0.25, -0.2) is 4.98 Å². The fraction of sp³-hybridized carbons (Fsp3) is 0.278. The molecule has 0 amide bonds. The number of thiazole rings is 1. The second kappa shape index (κ2) is 6.37. The van der Waals surface area contributed by atoms with Gasteiger partial charge in [-0.05, 0) is 36.7 Å². The van der Waals surface area contributed by atoms with Crippen LogP contribution in [0.4, 0.5) is 0 Å². The van der Waals surface area contributed by atoms with Crippen molar-refractivity contribution in [2.75, 3.05) is 7.05 Å². The fourth-order valence-corrected chi connectivity index (χ4v) is 3.70. The lowest BCUT2D eigenvalue weighted by molar-refractivity contribution is 0.576. The van der Waals surface area contributed by atoms with Crippen molar-refractivity contribution in [2.24, 2.45) is 0 Å². The molecule has 3 rings (SSSR count). The smallest absolute Gasteiger partial charge is 0.0982 e. The van der Waals surface area contributed by atoms with Gasteiger partial charge < -0.3 is 5.32 Å². The summed E-state index contributed by atoms with van der Waals surface area (Å²) in [5.41, 5.74) is 3.80. The van der Waals surface area contributed by atoms with E-state index in [0.717, 1.165) is 18.4 Å². The van der Waals surface area contributed by atoms with Crippen molar-refractivity contribution in [1.29, 1.82) is 0 Å². The molecular weight excluding hydrogens is 276 g/mol. The van der Waals surface area contributed by atoms with Gasteiger partial charge in [0, 0.05) is 12.5 Å². The number of nitrogens with one attached hydrogen (secondary N) is 1. The van der Waals surface area contributed by atoms with E-state index in [-0.39, 0.29) is 0 Å². The van der Waals surface area contributed by atoms with Gasteiger partial charge in [0.15, 0.2) is 0 Å². The lowest BCUT2D eigenvalue weighted by Gasteiger charge is -2.15. The van der Waals surface area contributed by atoms with Gasteiger partial charge in [-0.3, -0.25) is 0 Å². The Morgan fingerprint density at radius 3 is 2.76 bits per heavy atom. The standard InChI is InChI=1S/C18H20N2S/c1-3-15(19-2)14-8-6-7-13(11-14)12-18-20-16-9-4-5-10-17(16)21-18/h4-11,15,19H,3,12H2,1-2H3. The Morgan fingerprint density at radius 1 is 1.14 bits per heavy atom. The van der Waals surface area contributed by atoms with Crippen molar-refractivity contribution in [3.8, 4) is 0 Å². The molecule has 1 N–H and O–H groups in total. The van der Waals surface area contributed by atoms with Crippen LogP contribution >= 0.6 is 11.3 Å². The van der Waals surface area contributed by atoms with Crippen molar-refractivity contribution in [3.63, 3.8) is 0 Å². The van der Waals surface area contributed by atoms with Crippen LogP contribution in [0.1, 0.15) is 35.5 Å². The predicted octanol–water partition coefficient (Wildman–Crippen LogP) is 4.56. The normalized spacial score (nSPS) is 12.7. The molecule has 21 heavy (non-hydrogen) atoms. The summed E-state index contributed by atoms with van der Waals surface area (Å²) in [6, 6.07) is 17.6. The van der Waals surface area contributed by atoms with E-state index in [9.17, 15) is 0 Å². The van der Waals surface area contributed by atoms with E-state index in [1.807, 2.05) is 13.1 Å². The van der Waals surface area contributed by atoms with Crippen LogP contribution in [0.5, 0.6) is 0 Å². The third kappa shape index (κ3) is 3.14. The van der Waals surface area contributed by atoms with Crippen LogP contribution in [-0.4, -0.2) is 12.0 Å². The molecule has 1 unspecified atom stereocenters. The molecule has 0 bridgehead atoms. The van der Waals surface area contributed by atoms with Gasteiger partial charge in [-0.1, -0.05) is 43.3 Å². The third-order valence-electron chi connectivity index (χ3n) is 3.80. The average Bonchev–Trinajstić information content (AvgIpc) is 2.91. The number of para-hydroxylation sites is 1. The fourth-order valence-electron chi connectivity index (χ4n) is 2.70. The maximum atomic E-state index is 4.73. The minimum atomic E-state index is 0.431. The zero-order chi connectivity index (χ0) is 14.7. The first-order valence-electron chi connectivity index (χ1n) is 7.40. The Morgan fingerprint density at radius 2 is 2.00 bits per heavy atom. The number of nitrogens with zero attached hydrogens (tertiary/aromatic N) is 1. The van der Waals surface area contributed by atoms with Crippen molar-refractivity contribution in [2.45, 2.75) is 25.8 Å². The van der Waals surface area contributed by atoms with Crippen LogP contribution in [0.2, 0.25) is 0 Å². The number of hydrogen-bond donors (Lipinski definition) is 1. The first-order valence-corrected chi connectivity index (χ1v) is 8.22. The summed E-state index contributed by atoms with van der Waals surface area (Å²) in [5, 5.41) is 4.55. The molecule has 108 valence electrons. The number of benzene rings is 2. The van der Waals surface area contributed by atoms with E-state index in [1.54, 1.807) is 11.3 Å². The average molecular weight is 296 g/mol. The van der Waals surface area contributed by atoms with Gasteiger partial charge in [0.05, 0.1) is 15.2 Å². The highest BCUT2D eigenvalue weighted by molar-refractivity contribution is 7.18. The van der Waals surface area contributed by atoms with Crippen molar-refractivity contribution in [3.05, 3.63) is 64.7 Å².